The van der Waals surface area contributed by atoms with E-state index in [-0.39, 0.29) is 36.7 Å². The standard InChI is InChI=1S/C20H34N6O4/c1-20(2,3)17(19(30)25-12-14(27)9-15(25)18(29)21-4)26-11-13(22-23-26)10-24-8-6-5-7-16(24)28/h6,8,13-15,17,22-23,27H,5,7,9-12H2,1-4H3,(H,21,29)/t13?,14-,15+,17-/m1/s1. The van der Waals surface area contributed by atoms with Gasteiger partial charge in [0.05, 0.1) is 12.1 Å². The van der Waals surface area contributed by atoms with Gasteiger partial charge in [-0.05, 0) is 11.8 Å². The lowest BCUT2D eigenvalue weighted by atomic mass is 9.85. The minimum Gasteiger partial charge on any atom is -0.391 e. The Hall–Kier alpha value is -2.01. The molecule has 0 spiro atoms. The van der Waals surface area contributed by atoms with Gasteiger partial charge in [0.15, 0.2) is 0 Å². The van der Waals surface area contributed by atoms with Crippen LogP contribution in [0.5, 0.6) is 0 Å². The second kappa shape index (κ2) is 9.01. The fourth-order valence-corrected chi connectivity index (χ4v) is 4.41. The van der Waals surface area contributed by atoms with Crippen LogP contribution in [0, 0.1) is 5.41 Å². The van der Waals surface area contributed by atoms with Crippen LogP contribution in [0.25, 0.3) is 0 Å². The minimum absolute atomic E-state index is 0.0479. The molecule has 168 valence electrons. The van der Waals surface area contributed by atoms with Crippen LogP contribution in [0.15, 0.2) is 12.3 Å². The van der Waals surface area contributed by atoms with Crippen LogP contribution < -0.4 is 16.3 Å². The first-order valence-electron chi connectivity index (χ1n) is 10.6. The van der Waals surface area contributed by atoms with Crippen molar-refractivity contribution in [1.82, 2.24) is 31.1 Å². The molecule has 0 saturated carbocycles. The Bertz CT molecular complexity index is 706. The van der Waals surface area contributed by atoms with Crippen molar-refractivity contribution in [3.05, 3.63) is 12.3 Å². The van der Waals surface area contributed by atoms with Crippen molar-refractivity contribution in [3.63, 3.8) is 0 Å². The zero-order chi connectivity index (χ0) is 22.1. The van der Waals surface area contributed by atoms with Crippen LogP contribution in [0.4, 0.5) is 0 Å². The van der Waals surface area contributed by atoms with Crippen LogP contribution >= 0.6 is 0 Å². The van der Waals surface area contributed by atoms with Gasteiger partial charge in [-0.25, -0.2) is 10.4 Å². The molecule has 3 heterocycles. The molecule has 3 aliphatic heterocycles. The summed E-state index contributed by atoms with van der Waals surface area (Å²) >= 11 is 0. The molecule has 3 amide bonds. The van der Waals surface area contributed by atoms with Crippen molar-refractivity contribution in [1.29, 1.82) is 0 Å². The topological polar surface area (TPSA) is 117 Å². The lowest BCUT2D eigenvalue weighted by molar-refractivity contribution is -0.147. The monoisotopic (exact) mass is 422 g/mol. The van der Waals surface area contributed by atoms with E-state index in [9.17, 15) is 19.5 Å². The van der Waals surface area contributed by atoms with Gasteiger partial charge < -0.3 is 20.2 Å². The van der Waals surface area contributed by atoms with E-state index >= 15 is 0 Å². The number of aliphatic hydroxyl groups is 1. The number of hydrazine groups is 2. The first kappa shape index (κ1) is 22.7. The zero-order valence-corrected chi connectivity index (χ0v) is 18.2. The summed E-state index contributed by atoms with van der Waals surface area (Å²) in [5, 5.41) is 14.5. The van der Waals surface area contributed by atoms with Crippen molar-refractivity contribution >= 4 is 17.7 Å². The summed E-state index contributed by atoms with van der Waals surface area (Å²) in [6, 6.07) is -1.28. The summed E-state index contributed by atoms with van der Waals surface area (Å²) in [4.78, 5) is 41.1. The molecule has 0 bridgehead atoms. The number of carbonyl (C=O) groups is 3. The summed E-state index contributed by atoms with van der Waals surface area (Å²) in [5.74, 6) is -0.370. The quantitative estimate of drug-likeness (QED) is 0.446. The predicted molar refractivity (Wildman–Crippen MR) is 110 cm³/mol. The average molecular weight is 423 g/mol. The molecule has 2 saturated heterocycles. The highest BCUT2D eigenvalue weighted by atomic mass is 16.3. The van der Waals surface area contributed by atoms with E-state index < -0.39 is 23.6 Å². The number of hydrogen-bond donors (Lipinski definition) is 4. The number of carbonyl (C=O) groups excluding carboxylic acids is 3. The Morgan fingerprint density at radius 3 is 2.70 bits per heavy atom. The van der Waals surface area contributed by atoms with Gasteiger partial charge in [-0.1, -0.05) is 26.8 Å². The third-order valence-electron chi connectivity index (χ3n) is 5.85. The van der Waals surface area contributed by atoms with E-state index in [1.807, 2.05) is 38.1 Å². The molecule has 0 aliphatic carbocycles. The van der Waals surface area contributed by atoms with E-state index in [0.29, 0.717) is 19.5 Å². The normalized spacial score (nSPS) is 28.8. The molecule has 4 N–H and O–H groups in total. The molecule has 1 unspecified atom stereocenters. The predicted octanol–water partition coefficient (Wildman–Crippen LogP) is -1.06. The molecule has 0 aromatic heterocycles. The highest BCUT2D eigenvalue weighted by Gasteiger charge is 2.47. The molecule has 4 atom stereocenters. The summed E-state index contributed by atoms with van der Waals surface area (Å²) in [6.07, 6.45) is 4.61. The molecule has 3 rings (SSSR count). The van der Waals surface area contributed by atoms with Crippen molar-refractivity contribution < 1.29 is 19.5 Å². The Morgan fingerprint density at radius 2 is 2.07 bits per heavy atom. The number of hydrogen-bond acceptors (Lipinski definition) is 7. The number of rotatable bonds is 5. The third kappa shape index (κ3) is 4.83. The number of allylic oxidation sites excluding steroid dienone is 1. The summed E-state index contributed by atoms with van der Waals surface area (Å²) in [6.45, 7) is 7.09. The summed E-state index contributed by atoms with van der Waals surface area (Å²) in [5.41, 5.74) is 5.85. The van der Waals surface area contributed by atoms with Gasteiger partial charge >= 0.3 is 0 Å². The zero-order valence-electron chi connectivity index (χ0n) is 18.2. The van der Waals surface area contributed by atoms with Crippen LogP contribution in [0.2, 0.25) is 0 Å². The number of likely N-dealkylation sites (N-methyl/N-ethyl adjacent to an activating group) is 1. The number of nitrogens with zero attached hydrogens (tertiary/aromatic N) is 3. The van der Waals surface area contributed by atoms with Crippen molar-refractivity contribution in [2.24, 2.45) is 5.41 Å². The largest absolute Gasteiger partial charge is 0.391 e. The minimum atomic E-state index is -0.716. The number of amides is 3. The first-order valence-corrected chi connectivity index (χ1v) is 10.6. The number of likely N-dealkylation sites (tertiary alicyclic amines) is 1. The summed E-state index contributed by atoms with van der Waals surface area (Å²) < 4.78 is 0. The van der Waals surface area contributed by atoms with E-state index in [4.69, 9.17) is 0 Å². The smallest absolute Gasteiger partial charge is 0.242 e. The van der Waals surface area contributed by atoms with Gasteiger partial charge in [0.2, 0.25) is 17.7 Å². The SMILES string of the molecule is CNC(=O)[C@@H]1C[C@@H](O)CN1C(=O)[C@@H](N1CC(CN2C=CCCC2=O)NN1)C(C)(C)C. The molecule has 0 aromatic rings. The molecule has 30 heavy (non-hydrogen) atoms. The van der Waals surface area contributed by atoms with Gasteiger partial charge in [0.1, 0.15) is 12.1 Å². The average Bonchev–Trinajstić information content (AvgIpc) is 3.28. The Labute approximate surface area is 177 Å². The van der Waals surface area contributed by atoms with Gasteiger partial charge in [0, 0.05) is 45.7 Å². The van der Waals surface area contributed by atoms with Crippen LogP contribution in [-0.4, -0.2) is 88.5 Å². The second-order valence-electron chi connectivity index (χ2n) is 9.35. The summed E-state index contributed by atoms with van der Waals surface area (Å²) in [7, 11) is 1.53. The van der Waals surface area contributed by atoms with Crippen molar-refractivity contribution in [2.45, 2.75) is 64.3 Å². The van der Waals surface area contributed by atoms with Gasteiger partial charge in [0.25, 0.3) is 0 Å². The van der Waals surface area contributed by atoms with Crippen LogP contribution in [0.1, 0.15) is 40.0 Å². The molecular formula is C20H34N6O4. The van der Waals surface area contributed by atoms with E-state index in [1.54, 1.807) is 4.90 Å². The maximum absolute atomic E-state index is 13.6. The number of aliphatic hydroxyl groups excluding tert-OH is 1. The Kier molecular flexibility index (Phi) is 6.81. The van der Waals surface area contributed by atoms with E-state index in [2.05, 4.69) is 16.3 Å². The van der Waals surface area contributed by atoms with Gasteiger partial charge in [-0.3, -0.25) is 14.4 Å². The van der Waals surface area contributed by atoms with Crippen molar-refractivity contribution in [2.75, 3.05) is 26.7 Å². The lowest BCUT2D eigenvalue weighted by Crippen LogP contribution is -2.60. The van der Waals surface area contributed by atoms with Crippen LogP contribution in [-0.2, 0) is 14.4 Å². The van der Waals surface area contributed by atoms with Gasteiger partial charge in [-0.15, -0.1) is 0 Å². The number of β-amino-alcohol motifs (C(OH)–C–C–N with tert-alkyl or cyclic N) is 1. The molecule has 10 nitrogen and oxygen atoms in total. The highest BCUT2D eigenvalue weighted by Crippen LogP contribution is 2.30. The molecule has 2 fully saturated rings. The first-order chi connectivity index (χ1) is 14.1. The number of nitrogens with one attached hydrogen (secondary N) is 3. The van der Waals surface area contributed by atoms with Crippen LogP contribution in [0.3, 0.4) is 0 Å². The maximum Gasteiger partial charge on any atom is 0.242 e. The van der Waals surface area contributed by atoms with Crippen molar-refractivity contribution in [3.8, 4) is 0 Å². The maximum atomic E-state index is 13.6. The third-order valence-corrected chi connectivity index (χ3v) is 5.85. The Balaban J connectivity index is 1.72. The molecular weight excluding hydrogens is 388 g/mol. The van der Waals surface area contributed by atoms with E-state index in [1.165, 1.54) is 11.9 Å². The van der Waals surface area contributed by atoms with E-state index in [0.717, 1.165) is 6.42 Å². The molecule has 3 aliphatic rings. The highest BCUT2D eigenvalue weighted by molar-refractivity contribution is 5.90. The molecule has 0 radical (unpaired) electrons. The molecule has 0 aromatic carbocycles. The fraction of sp³-hybridized carbons (Fsp3) is 0.750. The fourth-order valence-electron chi connectivity index (χ4n) is 4.41. The second-order valence-corrected chi connectivity index (χ2v) is 9.35. The molecule has 10 heteroatoms. The van der Waals surface area contributed by atoms with Gasteiger partial charge in [-0.2, -0.15) is 5.53 Å². The lowest BCUT2D eigenvalue weighted by Gasteiger charge is -2.39. The Morgan fingerprint density at radius 1 is 1.33 bits per heavy atom.